The summed E-state index contributed by atoms with van der Waals surface area (Å²) < 4.78 is 0. The quantitative estimate of drug-likeness (QED) is 0.448. The Morgan fingerprint density at radius 3 is 2.91 bits per heavy atom. The van der Waals surface area contributed by atoms with E-state index in [0.717, 1.165) is 6.54 Å². The molecule has 0 amide bonds. The van der Waals surface area contributed by atoms with Crippen molar-refractivity contribution >= 4 is 5.97 Å². The van der Waals surface area contributed by atoms with Gasteiger partial charge >= 0.3 is 5.97 Å². The van der Waals surface area contributed by atoms with Crippen molar-refractivity contribution in [3.8, 4) is 11.8 Å². The fourth-order valence-electron chi connectivity index (χ4n) is 0.604. The van der Waals surface area contributed by atoms with Gasteiger partial charge in [-0.25, -0.2) is 0 Å². The molecule has 0 aliphatic heterocycles. The predicted molar refractivity (Wildman–Crippen MR) is 43.2 cm³/mol. The third-order valence-corrected chi connectivity index (χ3v) is 1.13. The van der Waals surface area contributed by atoms with E-state index in [2.05, 4.69) is 17.2 Å². The van der Waals surface area contributed by atoms with Gasteiger partial charge in [0, 0.05) is 6.42 Å². The Bertz CT molecular complexity index is 167. The van der Waals surface area contributed by atoms with Crippen LogP contribution in [-0.2, 0) is 4.79 Å². The molecule has 0 aromatic rings. The number of nitrogens with one attached hydrogen (secondary N) is 1. The van der Waals surface area contributed by atoms with Gasteiger partial charge in [0.2, 0.25) is 0 Å². The minimum absolute atomic E-state index is 0.229. The van der Waals surface area contributed by atoms with Gasteiger partial charge in [-0.3, -0.25) is 4.79 Å². The largest absolute Gasteiger partial charge is 0.481 e. The van der Waals surface area contributed by atoms with Gasteiger partial charge in [-0.2, -0.15) is 0 Å². The van der Waals surface area contributed by atoms with E-state index in [1.165, 1.54) is 0 Å². The molecule has 0 aromatic heterocycles. The molecule has 0 aromatic carbocycles. The van der Waals surface area contributed by atoms with Crippen LogP contribution in [0.5, 0.6) is 0 Å². The number of hydrogen-bond donors (Lipinski definition) is 2. The lowest BCUT2D eigenvalue weighted by molar-refractivity contribution is -0.137. The van der Waals surface area contributed by atoms with Gasteiger partial charge in [-0.05, 0) is 19.9 Å². The van der Waals surface area contributed by atoms with Gasteiger partial charge in [-0.15, -0.1) is 5.92 Å². The Labute approximate surface area is 66.8 Å². The number of hydrogen-bond acceptors (Lipinski definition) is 2. The average molecular weight is 155 g/mol. The highest BCUT2D eigenvalue weighted by molar-refractivity contribution is 5.66. The second-order valence-corrected chi connectivity index (χ2v) is 2.10. The number of carboxylic acids is 1. The maximum atomic E-state index is 10.0. The number of carboxylic acid groups (broad SMARTS) is 1. The van der Waals surface area contributed by atoms with Crippen molar-refractivity contribution in [2.24, 2.45) is 0 Å². The van der Waals surface area contributed by atoms with Gasteiger partial charge < -0.3 is 10.4 Å². The molecule has 0 aliphatic carbocycles. The third kappa shape index (κ3) is 8.99. The van der Waals surface area contributed by atoms with Crippen molar-refractivity contribution in [1.29, 1.82) is 0 Å². The molecule has 2 N–H and O–H groups in total. The molecule has 0 rings (SSSR count). The van der Waals surface area contributed by atoms with Crippen LogP contribution in [-0.4, -0.2) is 24.2 Å². The summed E-state index contributed by atoms with van der Waals surface area (Å²) in [6, 6.07) is 0. The maximum Gasteiger partial charge on any atom is 0.303 e. The van der Waals surface area contributed by atoms with Gasteiger partial charge in [-0.1, -0.05) is 5.92 Å². The van der Waals surface area contributed by atoms with E-state index < -0.39 is 5.97 Å². The normalized spacial score (nSPS) is 8.45. The monoisotopic (exact) mass is 155 g/mol. The summed E-state index contributed by atoms with van der Waals surface area (Å²) in [4.78, 5) is 10.0. The van der Waals surface area contributed by atoms with Crippen LogP contribution in [0.1, 0.15) is 19.8 Å². The van der Waals surface area contributed by atoms with E-state index in [4.69, 9.17) is 5.11 Å². The zero-order valence-corrected chi connectivity index (χ0v) is 6.68. The zero-order chi connectivity index (χ0) is 8.53. The molecule has 3 nitrogen and oxygen atoms in total. The van der Waals surface area contributed by atoms with Crippen molar-refractivity contribution in [2.45, 2.75) is 19.8 Å². The SMILES string of the molecule is CC#CCNCCCC(=O)O. The van der Waals surface area contributed by atoms with E-state index in [0.29, 0.717) is 13.0 Å². The Morgan fingerprint density at radius 2 is 2.36 bits per heavy atom. The highest BCUT2D eigenvalue weighted by atomic mass is 16.4. The first-order valence-corrected chi connectivity index (χ1v) is 3.59. The lowest BCUT2D eigenvalue weighted by Gasteiger charge is -1.96. The minimum Gasteiger partial charge on any atom is -0.481 e. The van der Waals surface area contributed by atoms with E-state index in [9.17, 15) is 4.79 Å². The van der Waals surface area contributed by atoms with Crippen molar-refractivity contribution in [3.63, 3.8) is 0 Å². The minimum atomic E-state index is -0.742. The highest BCUT2D eigenvalue weighted by Gasteiger charge is 1.93. The average Bonchev–Trinajstić information content (AvgIpc) is 1.96. The Balaban J connectivity index is 3.00. The number of rotatable bonds is 5. The molecule has 0 bridgehead atoms. The van der Waals surface area contributed by atoms with Crippen LogP contribution in [0.15, 0.2) is 0 Å². The molecule has 0 saturated heterocycles. The van der Waals surface area contributed by atoms with Crippen molar-refractivity contribution in [3.05, 3.63) is 0 Å². The van der Waals surface area contributed by atoms with Gasteiger partial charge in [0.1, 0.15) is 0 Å². The van der Waals surface area contributed by atoms with Crippen LogP contribution >= 0.6 is 0 Å². The number of aliphatic carboxylic acids is 1. The second-order valence-electron chi connectivity index (χ2n) is 2.10. The van der Waals surface area contributed by atoms with Crippen LogP contribution in [0, 0.1) is 11.8 Å². The number of carbonyl (C=O) groups is 1. The molecule has 11 heavy (non-hydrogen) atoms. The van der Waals surface area contributed by atoms with Crippen LogP contribution in [0.4, 0.5) is 0 Å². The Morgan fingerprint density at radius 1 is 1.64 bits per heavy atom. The summed E-state index contributed by atoms with van der Waals surface area (Å²) in [6.07, 6.45) is 0.896. The van der Waals surface area contributed by atoms with Crippen LogP contribution in [0.2, 0.25) is 0 Å². The first-order valence-electron chi connectivity index (χ1n) is 3.59. The molecular weight excluding hydrogens is 142 g/mol. The summed E-state index contributed by atoms with van der Waals surface area (Å²) >= 11 is 0. The van der Waals surface area contributed by atoms with Crippen LogP contribution in [0.3, 0.4) is 0 Å². The first kappa shape index (κ1) is 9.99. The standard InChI is InChI=1S/C8H13NO2/c1-2-3-6-9-7-4-5-8(10)11/h9H,4-7H2,1H3,(H,10,11). The maximum absolute atomic E-state index is 10.0. The zero-order valence-electron chi connectivity index (χ0n) is 6.68. The molecule has 0 atom stereocenters. The molecule has 0 heterocycles. The van der Waals surface area contributed by atoms with Gasteiger partial charge in [0.25, 0.3) is 0 Å². The summed E-state index contributed by atoms with van der Waals surface area (Å²) in [7, 11) is 0. The van der Waals surface area contributed by atoms with Crippen LogP contribution in [0.25, 0.3) is 0 Å². The molecule has 0 saturated carbocycles. The predicted octanol–water partition coefficient (Wildman–Crippen LogP) is 0.464. The molecule has 3 heteroatoms. The first-order chi connectivity index (χ1) is 5.27. The van der Waals surface area contributed by atoms with E-state index >= 15 is 0 Å². The molecule has 62 valence electrons. The summed E-state index contributed by atoms with van der Waals surface area (Å²) in [5.41, 5.74) is 0. The van der Waals surface area contributed by atoms with Gasteiger partial charge in [0.15, 0.2) is 0 Å². The van der Waals surface area contributed by atoms with Gasteiger partial charge in [0.05, 0.1) is 6.54 Å². The van der Waals surface area contributed by atoms with Crippen molar-refractivity contribution in [2.75, 3.05) is 13.1 Å². The summed E-state index contributed by atoms with van der Waals surface area (Å²) in [6.45, 7) is 3.15. The summed E-state index contributed by atoms with van der Waals surface area (Å²) in [5.74, 6) is 4.82. The molecule has 0 spiro atoms. The molecule has 0 fully saturated rings. The van der Waals surface area contributed by atoms with Crippen molar-refractivity contribution < 1.29 is 9.90 Å². The topological polar surface area (TPSA) is 49.3 Å². The molecule has 0 aliphatic rings. The Kier molecular flexibility index (Phi) is 6.45. The Hall–Kier alpha value is -1.01. The van der Waals surface area contributed by atoms with Crippen molar-refractivity contribution in [1.82, 2.24) is 5.32 Å². The second kappa shape index (κ2) is 7.10. The third-order valence-electron chi connectivity index (χ3n) is 1.13. The highest BCUT2D eigenvalue weighted by Crippen LogP contribution is 1.84. The molecule has 0 radical (unpaired) electrons. The molecular formula is C8H13NO2. The smallest absolute Gasteiger partial charge is 0.303 e. The van der Waals surface area contributed by atoms with E-state index in [-0.39, 0.29) is 6.42 Å². The lowest BCUT2D eigenvalue weighted by atomic mass is 10.3. The summed E-state index contributed by atoms with van der Waals surface area (Å²) in [5, 5.41) is 11.3. The molecule has 0 unspecified atom stereocenters. The lowest BCUT2D eigenvalue weighted by Crippen LogP contribution is -2.16. The fraction of sp³-hybridized carbons (Fsp3) is 0.625. The van der Waals surface area contributed by atoms with Crippen LogP contribution < -0.4 is 5.32 Å². The van der Waals surface area contributed by atoms with E-state index in [1.807, 2.05) is 0 Å². The van der Waals surface area contributed by atoms with E-state index in [1.54, 1.807) is 6.92 Å². The fourth-order valence-corrected chi connectivity index (χ4v) is 0.604.